The van der Waals surface area contributed by atoms with Crippen LogP contribution in [0.4, 0.5) is 19.0 Å². The van der Waals surface area contributed by atoms with Crippen LogP contribution in [-0.4, -0.2) is 21.4 Å². The molecule has 1 aromatic heterocycles. The van der Waals surface area contributed by atoms with E-state index in [0.29, 0.717) is 0 Å². The highest BCUT2D eigenvalue weighted by atomic mass is 19.4. The van der Waals surface area contributed by atoms with Crippen LogP contribution < -0.4 is 16.6 Å². The predicted molar refractivity (Wildman–Crippen MR) is 77.1 cm³/mol. The fourth-order valence-electron chi connectivity index (χ4n) is 2.87. The Morgan fingerprint density at radius 1 is 1.13 bits per heavy atom. The van der Waals surface area contributed by atoms with Crippen molar-refractivity contribution >= 4 is 5.82 Å². The summed E-state index contributed by atoms with van der Waals surface area (Å²) in [6.45, 7) is 0. The van der Waals surface area contributed by atoms with E-state index in [9.17, 15) is 22.8 Å². The fourth-order valence-corrected chi connectivity index (χ4v) is 2.87. The summed E-state index contributed by atoms with van der Waals surface area (Å²) in [5.74, 6) is -1.25. The van der Waals surface area contributed by atoms with E-state index >= 15 is 0 Å². The number of halogens is 3. The van der Waals surface area contributed by atoms with Crippen LogP contribution in [0, 0.1) is 17.2 Å². The Bertz CT molecular complexity index is 749. The van der Waals surface area contributed by atoms with Gasteiger partial charge in [0.1, 0.15) is 11.9 Å². The standard InChI is InChI=1S/C14H17F3N4O2/c1-20-11(10(7-18)12(22)21(2)13(20)23)19-9-5-3-8(4-6-9)14(15,16)17/h8-9,19H,3-6H2,1-2H3. The van der Waals surface area contributed by atoms with Gasteiger partial charge in [-0.15, -0.1) is 0 Å². The second-order valence-electron chi connectivity index (χ2n) is 5.78. The van der Waals surface area contributed by atoms with Gasteiger partial charge >= 0.3 is 11.9 Å². The molecule has 0 aromatic carbocycles. The maximum Gasteiger partial charge on any atom is 0.391 e. The van der Waals surface area contributed by atoms with Gasteiger partial charge in [0.05, 0.1) is 5.92 Å². The van der Waals surface area contributed by atoms with Crippen LogP contribution in [0.2, 0.25) is 0 Å². The van der Waals surface area contributed by atoms with Crippen LogP contribution in [0.15, 0.2) is 9.59 Å². The SMILES string of the molecule is Cn1c(NC2CCC(C(F)(F)F)CC2)c(C#N)c(=O)n(C)c1=O. The van der Waals surface area contributed by atoms with Gasteiger partial charge in [-0.1, -0.05) is 0 Å². The Morgan fingerprint density at radius 2 is 1.70 bits per heavy atom. The first-order valence-corrected chi connectivity index (χ1v) is 7.20. The second kappa shape index (κ2) is 6.10. The molecule has 1 N–H and O–H groups in total. The van der Waals surface area contributed by atoms with E-state index in [-0.39, 0.29) is 43.1 Å². The first-order chi connectivity index (χ1) is 10.7. The lowest BCUT2D eigenvalue weighted by Gasteiger charge is -2.31. The largest absolute Gasteiger partial charge is 0.391 e. The Labute approximate surface area is 130 Å². The number of nitriles is 1. The minimum Gasteiger partial charge on any atom is -0.367 e. The van der Waals surface area contributed by atoms with Crippen LogP contribution in [0.25, 0.3) is 0 Å². The predicted octanol–water partition coefficient (Wildman–Crippen LogP) is 1.49. The van der Waals surface area contributed by atoms with Crippen LogP contribution in [0.5, 0.6) is 0 Å². The summed E-state index contributed by atoms with van der Waals surface area (Å²) in [5, 5.41) is 12.1. The van der Waals surface area contributed by atoms with Gasteiger partial charge in [0.2, 0.25) is 0 Å². The molecule has 23 heavy (non-hydrogen) atoms. The van der Waals surface area contributed by atoms with Gasteiger partial charge in [-0.2, -0.15) is 18.4 Å². The normalized spacial score (nSPS) is 21.7. The smallest absolute Gasteiger partial charge is 0.367 e. The van der Waals surface area contributed by atoms with Gasteiger partial charge in [0.25, 0.3) is 5.56 Å². The number of rotatable bonds is 2. The average molecular weight is 330 g/mol. The molecule has 0 aliphatic heterocycles. The molecule has 0 radical (unpaired) electrons. The lowest BCUT2D eigenvalue weighted by atomic mass is 9.85. The highest BCUT2D eigenvalue weighted by molar-refractivity contribution is 5.51. The number of hydrogen-bond donors (Lipinski definition) is 1. The van der Waals surface area contributed by atoms with E-state index < -0.39 is 23.3 Å². The zero-order chi connectivity index (χ0) is 17.4. The summed E-state index contributed by atoms with van der Waals surface area (Å²) in [5.41, 5.74) is -1.53. The molecular weight excluding hydrogens is 313 g/mol. The zero-order valence-corrected chi connectivity index (χ0v) is 12.8. The molecule has 0 bridgehead atoms. The second-order valence-corrected chi connectivity index (χ2v) is 5.78. The minimum absolute atomic E-state index is 0.0121. The molecule has 0 amide bonds. The monoisotopic (exact) mass is 330 g/mol. The first kappa shape index (κ1) is 17.1. The third-order valence-electron chi connectivity index (χ3n) is 4.31. The van der Waals surface area contributed by atoms with Gasteiger partial charge in [0, 0.05) is 20.1 Å². The summed E-state index contributed by atoms with van der Waals surface area (Å²) in [6.07, 6.45) is -3.70. The first-order valence-electron chi connectivity index (χ1n) is 7.20. The Kier molecular flexibility index (Phi) is 4.54. The molecule has 1 heterocycles. The van der Waals surface area contributed by atoms with E-state index in [0.717, 1.165) is 9.13 Å². The van der Waals surface area contributed by atoms with E-state index in [4.69, 9.17) is 5.26 Å². The third kappa shape index (κ3) is 3.25. The van der Waals surface area contributed by atoms with Crippen molar-refractivity contribution in [2.75, 3.05) is 5.32 Å². The molecule has 0 unspecified atom stereocenters. The van der Waals surface area contributed by atoms with Crippen LogP contribution in [0.1, 0.15) is 31.2 Å². The summed E-state index contributed by atoms with van der Waals surface area (Å²) in [6, 6.07) is 1.45. The molecule has 9 heteroatoms. The van der Waals surface area contributed by atoms with Crippen molar-refractivity contribution in [2.24, 2.45) is 20.0 Å². The fraction of sp³-hybridized carbons (Fsp3) is 0.643. The average Bonchev–Trinajstić information content (AvgIpc) is 2.50. The highest BCUT2D eigenvalue weighted by Gasteiger charge is 2.41. The summed E-state index contributed by atoms with van der Waals surface area (Å²) in [4.78, 5) is 23.9. The van der Waals surface area contributed by atoms with Crippen molar-refractivity contribution < 1.29 is 13.2 Å². The topological polar surface area (TPSA) is 79.8 Å². The summed E-state index contributed by atoms with van der Waals surface area (Å²) in [7, 11) is 2.68. The number of alkyl halides is 3. The molecule has 6 nitrogen and oxygen atoms in total. The summed E-state index contributed by atoms with van der Waals surface area (Å²) >= 11 is 0. The molecular formula is C14H17F3N4O2. The van der Waals surface area contributed by atoms with Gasteiger partial charge < -0.3 is 5.32 Å². The van der Waals surface area contributed by atoms with Crippen LogP contribution in [0.3, 0.4) is 0 Å². The number of nitrogens with one attached hydrogen (secondary N) is 1. The lowest BCUT2D eigenvalue weighted by molar-refractivity contribution is -0.182. The van der Waals surface area contributed by atoms with Gasteiger partial charge in [-0.3, -0.25) is 13.9 Å². The van der Waals surface area contributed by atoms with E-state index in [1.165, 1.54) is 14.1 Å². The van der Waals surface area contributed by atoms with E-state index in [2.05, 4.69) is 5.32 Å². The maximum atomic E-state index is 12.7. The number of aromatic nitrogens is 2. The molecule has 1 aromatic rings. The molecule has 126 valence electrons. The number of anilines is 1. The molecule has 0 spiro atoms. The Balaban J connectivity index is 2.25. The molecule has 1 saturated carbocycles. The van der Waals surface area contributed by atoms with E-state index in [1.54, 1.807) is 6.07 Å². The summed E-state index contributed by atoms with van der Waals surface area (Å²) < 4.78 is 40.0. The van der Waals surface area contributed by atoms with Crippen molar-refractivity contribution in [3.8, 4) is 6.07 Å². The highest BCUT2D eigenvalue weighted by Crippen LogP contribution is 2.38. The maximum absolute atomic E-state index is 12.7. The Morgan fingerprint density at radius 3 is 2.17 bits per heavy atom. The van der Waals surface area contributed by atoms with Crippen LogP contribution >= 0.6 is 0 Å². The zero-order valence-electron chi connectivity index (χ0n) is 12.8. The molecule has 1 aliphatic rings. The molecule has 1 fully saturated rings. The molecule has 0 atom stereocenters. The molecule has 0 saturated heterocycles. The van der Waals surface area contributed by atoms with Crippen molar-refractivity contribution in [3.63, 3.8) is 0 Å². The van der Waals surface area contributed by atoms with Crippen molar-refractivity contribution in [1.82, 2.24) is 9.13 Å². The molecule has 2 rings (SSSR count). The van der Waals surface area contributed by atoms with E-state index in [1.807, 2.05) is 0 Å². The molecule has 1 aliphatic carbocycles. The van der Waals surface area contributed by atoms with Crippen molar-refractivity contribution in [1.29, 1.82) is 5.26 Å². The van der Waals surface area contributed by atoms with Gasteiger partial charge in [-0.05, 0) is 25.7 Å². The Hall–Kier alpha value is -2.24. The van der Waals surface area contributed by atoms with Gasteiger partial charge in [-0.25, -0.2) is 4.79 Å². The van der Waals surface area contributed by atoms with Crippen molar-refractivity contribution in [2.45, 2.75) is 37.9 Å². The van der Waals surface area contributed by atoms with Crippen LogP contribution in [-0.2, 0) is 14.1 Å². The minimum atomic E-state index is -4.20. The van der Waals surface area contributed by atoms with Crippen molar-refractivity contribution in [3.05, 3.63) is 26.4 Å². The quantitative estimate of drug-likeness (QED) is 0.891. The third-order valence-corrected chi connectivity index (χ3v) is 4.31. The number of hydrogen-bond acceptors (Lipinski definition) is 4. The lowest BCUT2D eigenvalue weighted by Crippen LogP contribution is -2.41. The van der Waals surface area contributed by atoms with Gasteiger partial charge in [0.15, 0.2) is 5.56 Å². The number of nitrogens with zero attached hydrogens (tertiary/aromatic N) is 3.